The van der Waals surface area contributed by atoms with Gasteiger partial charge in [-0.05, 0) is 24.6 Å². The summed E-state index contributed by atoms with van der Waals surface area (Å²) in [5.41, 5.74) is 0.849. The van der Waals surface area contributed by atoms with Gasteiger partial charge in [0.25, 0.3) is 5.91 Å². The van der Waals surface area contributed by atoms with Gasteiger partial charge in [-0.15, -0.1) is 0 Å². The van der Waals surface area contributed by atoms with Gasteiger partial charge in [-0.3, -0.25) is 9.59 Å². The van der Waals surface area contributed by atoms with Crippen molar-refractivity contribution in [2.24, 2.45) is 0 Å². The Hall–Kier alpha value is -1.93. The second-order valence-electron chi connectivity index (χ2n) is 5.59. The molecule has 0 spiro atoms. The molecule has 1 N–H and O–H groups in total. The van der Waals surface area contributed by atoms with E-state index in [0.29, 0.717) is 12.1 Å². The van der Waals surface area contributed by atoms with Crippen LogP contribution in [-0.2, 0) is 19.4 Å². The van der Waals surface area contributed by atoms with Crippen molar-refractivity contribution in [2.75, 3.05) is 26.0 Å². The molecule has 2 rings (SSSR count). The molecule has 7 nitrogen and oxygen atoms in total. The number of aliphatic carboxylic acids is 1. The maximum Gasteiger partial charge on any atom is 0.306 e. The maximum atomic E-state index is 12.5. The number of rotatable bonds is 4. The first-order valence-corrected chi connectivity index (χ1v) is 9.01. The number of carboxylic acids is 1. The molecule has 126 valence electrons. The van der Waals surface area contributed by atoms with Crippen LogP contribution in [0.25, 0.3) is 0 Å². The minimum atomic E-state index is -3.42. The molecule has 1 aliphatic rings. The highest BCUT2D eigenvalue weighted by Gasteiger charge is 2.27. The van der Waals surface area contributed by atoms with Gasteiger partial charge in [0.2, 0.25) is 0 Å². The molecule has 1 heterocycles. The smallest absolute Gasteiger partial charge is 0.306 e. The van der Waals surface area contributed by atoms with E-state index in [1.54, 1.807) is 19.1 Å². The summed E-state index contributed by atoms with van der Waals surface area (Å²) in [5, 5.41) is 8.81. The lowest BCUT2D eigenvalue weighted by molar-refractivity contribution is -0.141. The third-order valence-electron chi connectivity index (χ3n) is 3.66. The molecule has 1 unspecified atom stereocenters. The zero-order valence-corrected chi connectivity index (χ0v) is 13.8. The molecule has 23 heavy (non-hydrogen) atoms. The van der Waals surface area contributed by atoms with Crippen LogP contribution in [0.2, 0.25) is 0 Å². The zero-order chi connectivity index (χ0) is 17.2. The van der Waals surface area contributed by atoms with Crippen LogP contribution in [0.15, 0.2) is 23.1 Å². The SMILES string of the molecule is Cc1ccc(C(=O)N2CCOC(CC(=O)O)C2)cc1S(C)(=O)=O. The summed E-state index contributed by atoms with van der Waals surface area (Å²) in [6.45, 7) is 2.45. The summed E-state index contributed by atoms with van der Waals surface area (Å²) in [5.74, 6) is -1.31. The molecule has 8 heteroatoms. The van der Waals surface area contributed by atoms with E-state index in [9.17, 15) is 18.0 Å². The first-order valence-electron chi connectivity index (χ1n) is 7.12. The number of ether oxygens (including phenoxy) is 1. The Balaban J connectivity index is 2.22. The number of amides is 1. The van der Waals surface area contributed by atoms with Gasteiger partial charge in [0.15, 0.2) is 9.84 Å². The second-order valence-corrected chi connectivity index (χ2v) is 7.58. The number of morpholine rings is 1. The van der Waals surface area contributed by atoms with Gasteiger partial charge in [0.1, 0.15) is 0 Å². The van der Waals surface area contributed by atoms with Crippen LogP contribution in [0.4, 0.5) is 0 Å². The van der Waals surface area contributed by atoms with E-state index in [0.717, 1.165) is 6.26 Å². The summed E-state index contributed by atoms with van der Waals surface area (Å²) < 4.78 is 28.9. The molecule has 1 aromatic rings. The van der Waals surface area contributed by atoms with Crippen molar-refractivity contribution in [3.05, 3.63) is 29.3 Å². The van der Waals surface area contributed by atoms with E-state index in [-0.39, 0.29) is 35.9 Å². The second kappa shape index (κ2) is 6.67. The molecule has 0 bridgehead atoms. The van der Waals surface area contributed by atoms with Crippen LogP contribution in [-0.4, -0.2) is 62.4 Å². The lowest BCUT2D eigenvalue weighted by atomic mass is 10.1. The fourth-order valence-electron chi connectivity index (χ4n) is 2.54. The highest BCUT2D eigenvalue weighted by atomic mass is 32.2. The van der Waals surface area contributed by atoms with Gasteiger partial charge in [-0.1, -0.05) is 6.07 Å². The van der Waals surface area contributed by atoms with Crippen molar-refractivity contribution in [3.63, 3.8) is 0 Å². The van der Waals surface area contributed by atoms with Crippen LogP contribution in [0.3, 0.4) is 0 Å². The topological polar surface area (TPSA) is 101 Å². The minimum Gasteiger partial charge on any atom is -0.481 e. The Kier molecular flexibility index (Phi) is 5.06. The van der Waals surface area contributed by atoms with E-state index >= 15 is 0 Å². The Labute approximate surface area is 134 Å². The maximum absolute atomic E-state index is 12.5. The van der Waals surface area contributed by atoms with Crippen LogP contribution in [0.1, 0.15) is 22.3 Å². The highest BCUT2D eigenvalue weighted by Crippen LogP contribution is 2.19. The monoisotopic (exact) mass is 341 g/mol. The normalized spacial score (nSPS) is 18.7. The predicted octanol–water partition coefficient (Wildman–Crippen LogP) is 0.714. The third-order valence-corrected chi connectivity index (χ3v) is 4.90. The number of hydrogen-bond acceptors (Lipinski definition) is 5. The van der Waals surface area contributed by atoms with E-state index < -0.39 is 21.9 Å². The third kappa shape index (κ3) is 4.29. The summed E-state index contributed by atoms with van der Waals surface area (Å²) in [6.07, 6.45) is 0.373. The Bertz CT molecular complexity index is 727. The molecule has 1 fully saturated rings. The molecule has 1 amide bonds. The van der Waals surface area contributed by atoms with Crippen LogP contribution < -0.4 is 0 Å². The average molecular weight is 341 g/mol. The van der Waals surface area contributed by atoms with Crippen molar-refractivity contribution >= 4 is 21.7 Å². The van der Waals surface area contributed by atoms with Crippen LogP contribution >= 0.6 is 0 Å². The predicted molar refractivity (Wildman–Crippen MR) is 82.2 cm³/mol. The van der Waals surface area contributed by atoms with Crippen molar-refractivity contribution < 1.29 is 27.9 Å². The summed E-state index contributed by atoms with van der Waals surface area (Å²) in [6, 6.07) is 4.54. The van der Waals surface area contributed by atoms with E-state index in [4.69, 9.17) is 9.84 Å². The van der Waals surface area contributed by atoms with Gasteiger partial charge in [0.05, 0.1) is 24.0 Å². The lowest BCUT2D eigenvalue weighted by Crippen LogP contribution is -2.46. The molecule has 0 radical (unpaired) electrons. The standard InChI is InChI=1S/C15H19NO6S/c1-10-3-4-11(7-13(10)23(2,20)21)15(19)16-5-6-22-12(9-16)8-14(17)18/h3-4,7,12H,5-6,8-9H2,1-2H3,(H,17,18). The van der Waals surface area contributed by atoms with Gasteiger partial charge < -0.3 is 14.7 Å². The number of hydrogen-bond donors (Lipinski definition) is 1. The zero-order valence-electron chi connectivity index (χ0n) is 13.0. The molecule has 1 aromatic carbocycles. The van der Waals surface area contributed by atoms with Crippen LogP contribution in [0.5, 0.6) is 0 Å². The average Bonchev–Trinajstić information content (AvgIpc) is 2.45. The van der Waals surface area contributed by atoms with Crippen molar-refractivity contribution in [1.29, 1.82) is 0 Å². The Morgan fingerprint density at radius 2 is 2.09 bits per heavy atom. The van der Waals surface area contributed by atoms with Crippen molar-refractivity contribution in [1.82, 2.24) is 4.90 Å². The van der Waals surface area contributed by atoms with Gasteiger partial charge in [0, 0.05) is 24.9 Å². The summed E-state index contributed by atoms with van der Waals surface area (Å²) in [4.78, 5) is 24.9. The number of carbonyl (C=O) groups excluding carboxylic acids is 1. The van der Waals surface area contributed by atoms with E-state index in [1.807, 2.05) is 0 Å². The van der Waals surface area contributed by atoms with Gasteiger partial charge in [-0.2, -0.15) is 0 Å². The largest absolute Gasteiger partial charge is 0.481 e. The fourth-order valence-corrected chi connectivity index (χ4v) is 3.53. The number of nitrogens with zero attached hydrogens (tertiary/aromatic N) is 1. The van der Waals surface area contributed by atoms with Gasteiger partial charge >= 0.3 is 5.97 Å². The Morgan fingerprint density at radius 1 is 1.39 bits per heavy atom. The van der Waals surface area contributed by atoms with Gasteiger partial charge in [-0.25, -0.2) is 8.42 Å². The molecule has 1 atom stereocenters. The Morgan fingerprint density at radius 3 is 2.70 bits per heavy atom. The quantitative estimate of drug-likeness (QED) is 0.866. The van der Waals surface area contributed by atoms with E-state index in [2.05, 4.69) is 0 Å². The summed E-state index contributed by atoms with van der Waals surface area (Å²) >= 11 is 0. The lowest BCUT2D eigenvalue weighted by Gasteiger charge is -2.32. The van der Waals surface area contributed by atoms with E-state index in [1.165, 1.54) is 11.0 Å². The molecule has 1 saturated heterocycles. The molecular weight excluding hydrogens is 322 g/mol. The fraction of sp³-hybridized carbons (Fsp3) is 0.467. The van der Waals surface area contributed by atoms with Crippen molar-refractivity contribution in [2.45, 2.75) is 24.3 Å². The minimum absolute atomic E-state index is 0.124. The summed E-state index contributed by atoms with van der Waals surface area (Å²) in [7, 11) is -3.42. The molecule has 0 aromatic heterocycles. The number of benzene rings is 1. The first-order chi connectivity index (χ1) is 10.7. The molecule has 0 saturated carbocycles. The molecule has 1 aliphatic heterocycles. The first kappa shape index (κ1) is 17.4. The van der Waals surface area contributed by atoms with Crippen LogP contribution in [0, 0.1) is 6.92 Å². The molecular formula is C15H19NO6S. The number of carbonyl (C=O) groups is 2. The number of aryl methyl sites for hydroxylation is 1. The molecule has 0 aliphatic carbocycles. The highest BCUT2D eigenvalue weighted by molar-refractivity contribution is 7.90. The number of sulfone groups is 1. The van der Waals surface area contributed by atoms with Crippen molar-refractivity contribution in [3.8, 4) is 0 Å². The number of carboxylic acid groups (broad SMARTS) is 1.